The summed E-state index contributed by atoms with van der Waals surface area (Å²) in [5.41, 5.74) is 4.57. The number of rotatable bonds is 5. The highest BCUT2D eigenvalue weighted by atomic mass is 35.5. The van der Waals surface area contributed by atoms with Crippen molar-refractivity contribution in [2.24, 2.45) is 5.10 Å². The minimum Gasteiger partial charge on any atom is -0.279 e. The lowest BCUT2D eigenvalue weighted by molar-refractivity contribution is 0.596. The van der Waals surface area contributed by atoms with Crippen molar-refractivity contribution in [3.05, 3.63) is 89.4 Å². The van der Waals surface area contributed by atoms with Gasteiger partial charge in [-0.05, 0) is 54.1 Å². The minimum absolute atomic E-state index is 0.212. The van der Waals surface area contributed by atoms with E-state index < -0.39 is 9.84 Å². The molecule has 0 fully saturated rings. The summed E-state index contributed by atoms with van der Waals surface area (Å²) in [4.78, 5) is 0.437. The molecule has 0 unspecified atom stereocenters. The van der Waals surface area contributed by atoms with Crippen LogP contribution in [0.3, 0.4) is 0 Å². The van der Waals surface area contributed by atoms with Gasteiger partial charge in [0.05, 0.1) is 21.7 Å². The fourth-order valence-corrected chi connectivity index (χ4v) is 3.56. The maximum Gasteiger partial charge on any atom is 0.206 e. The molecule has 3 rings (SSSR count). The van der Waals surface area contributed by atoms with E-state index in [2.05, 4.69) is 10.5 Å². The van der Waals surface area contributed by atoms with Crippen LogP contribution in [-0.4, -0.2) is 14.6 Å². The molecule has 3 aromatic carbocycles. The van der Waals surface area contributed by atoms with E-state index in [9.17, 15) is 8.42 Å². The maximum absolute atomic E-state index is 12.6. The van der Waals surface area contributed by atoms with Crippen molar-refractivity contribution in [2.75, 3.05) is 5.43 Å². The minimum atomic E-state index is -3.55. The summed E-state index contributed by atoms with van der Waals surface area (Å²) < 4.78 is 25.1. The highest BCUT2D eigenvalue weighted by Gasteiger charge is 2.17. The van der Waals surface area contributed by atoms with Gasteiger partial charge in [0.1, 0.15) is 0 Å². The Morgan fingerprint density at radius 2 is 1.36 bits per heavy atom. The average molecular weight is 371 g/mol. The lowest BCUT2D eigenvalue weighted by Gasteiger charge is -2.05. The fourth-order valence-electron chi connectivity index (χ4n) is 2.18. The fraction of sp³-hybridized carbons (Fsp3) is 0. The maximum atomic E-state index is 12.6. The van der Waals surface area contributed by atoms with Crippen molar-refractivity contribution in [2.45, 2.75) is 9.79 Å². The van der Waals surface area contributed by atoms with Crippen LogP contribution in [0.25, 0.3) is 0 Å². The van der Waals surface area contributed by atoms with Crippen LogP contribution in [0.4, 0.5) is 5.69 Å². The van der Waals surface area contributed by atoms with E-state index in [4.69, 9.17) is 11.6 Å². The first-order chi connectivity index (χ1) is 12.1. The van der Waals surface area contributed by atoms with E-state index in [1.807, 2.05) is 30.3 Å². The summed E-state index contributed by atoms with van der Waals surface area (Å²) in [6.45, 7) is 0. The summed E-state index contributed by atoms with van der Waals surface area (Å²) in [7, 11) is -3.55. The van der Waals surface area contributed by atoms with Gasteiger partial charge in [-0.25, -0.2) is 8.42 Å². The molecule has 0 heterocycles. The van der Waals surface area contributed by atoms with Gasteiger partial charge >= 0.3 is 0 Å². The van der Waals surface area contributed by atoms with E-state index in [0.717, 1.165) is 11.3 Å². The van der Waals surface area contributed by atoms with Crippen LogP contribution in [0.1, 0.15) is 5.56 Å². The number of para-hydroxylation sites is 1. The topological polar surface area (TPSA) is 58.5 Å². The molecule has 4 nitrogen and oxygen atoms in total. The largest absolute Gasteiger partial charge is 0.279 e. The first-order valence-electron chi connectivity index (χ1n) is 7.50. The lowest BCUT2D eigenvalue weighted by atomic mass is 10.2. The molecule has 3 aromatic rings. The Labute approximate surface area is 151 Å². The van der Waals surface area contributed by atoms with Gasteiger partial charge in [-0.1, -0.05) is 41.9 Å². The molecule has 126 valence electrons. The van der Waals surface area contributed by atoms with Crippen LogP contribution in [0.2, 0.25) is 5.02 Å². The third-order valence-electron chi connectivity index (χ3n) is 3.50. The molecular weight excluding hydrogens is 356 g/mol. The second-order valence-corrected chi connectivity index (χ2v) is 7.65. The predicted octanol–water partition coefficient (Wildman–Crippen LogP) is 4.62. The number of hydrazone groups is 1. The van der Waals surface area contributed by atoms with Gasteiger partial charge in [0.15, 0.2) is 0 Å². The summed E-state index contributed by atoms with van der Waals surface area (Å²) in [6.07, 6.45) is 1.63. The molecule has 0 aliphatic heterocycles. The zero-order chi connectivity index (χ0) is 17.7. The van der Waals surface area contributed by atoms with E-state index in [1.165, 1.54) is 12.1 Å². The Morgan fingerprint density at radius 1 is 0.800 bits per heavy atom. The van der Waals surface area contributed by atoms with E-state index in [1.54, 1.807) is 42.6 Å². The van der Waals surface area contributed by atoms with Gasteiger partial charge in [0.2, 0.25) is 9.84 Å². The Bertz CT molecular complexity index is 968. The van der Waals surface area contributed by atoms with Gasteiger partial charge in [-0.3, -0.25) is 5.43 Å². The van der Waals surface area contributed by atoms with Crippen molar-refractivity contribution in [3.63, 3.8) is 0 Å². The second-order valence-electron chi connectivity index (χ2n) is 5.26. The molecule has 0 saturated heterocycles. The van der Waals surface area contributed by atoms with Crippen LogP contribution in [0, 0.1) is 0 Å². The summed E-state index contributed by atoms with van der Waals surface area (Å²) >= 11 is 5.81. The summed E-state index contributed by atoms with van der Waals surface area (Å²) in [6, 6.07) is 22.2. The van der Waals surface area contributed by atoms with Crippen molar-refractivity contribution in [1.82, 2.24) is 0 Å². The normalized spacial score (nSPS) is 11.6. The average Bonchev–Trinajstić information content (AvgIpc) is 2.63. The molecule has 6 heteroatoms. The van der Waals surface area contributed by atoms with Crippen molar-refractivity contribution < 1.29 is 8.42 Å². The molecule has 0 aromatic heterocycles. The molecule has 0 saturated carbocycles. The predicted molar refractivity (Wildman–Crippen MR) is 101 cm³/mol. The van der Waals surface area contributed by atoms with E-state index in [0.29, 0.717) is 5.02 Å². The van der Waals surface area contributed by atoms with Crippen molar-refractivity contribution in [3.8, 4) is 0 Å². The third-order valence-corrected chi connectivity index (χ3v) is 5.53. The first kappa shape index (κ1) is 17.2. The molecule has 0 amide bonds. The molecule has 25 heavy (non-hydrogen) atoms. The zero-order valence-corrected chi connectivity index (χ0v) is 14.7. The number of anilines is 1. The van der Waals surface area contributed by atoms with Crippen LogP contribution in [-0.2, 0) is 9.84 Å². The Balaban J connectivity index is 1.74. The highest BCUT2D eigenvalue weighted by molar-refractivity contribution is 7.91. The van der Waals surface area contributed by atoms with Gasteiger partial charge in [-0.15, -0.1) is 0 Å². The number of nitrogens with one attached hydrogen (secondary N) is 1. The monoisotopic (exact) mass is 370 g/mol. The smallest absolute Gasteiger partial charge is 0.206 e. The van der Waals surface area contributed by atoms with Crippen molar-refractivity contribution in [1.29, 1.82) is 0 Å². The molecule has 0 radical (unpaired) electrons. The van der Waals surface area contributed by atoms with Gasteiger partial charge in [0.25, 0.3) is 0 Å². The van der Waals surface area contributed by atoms with Crippen LogP contribution >= 0.6 is 11.6 Å². The molecule has 0 spiro atoms. The molecule has 0 bridgehead atoms. The highest BCUT2D eigenvalue weighted by Crippen LogP contribution is 2.22. The number of sulfone groups is 1. The number of nitrogens with zero attached hydrogens (tertiary/aromatic N) is 1. The molecule has 0 aliphatic carbocycles. The van der Waals surface area contributed by atoms with E-state index >= 15 is 0 Å². The van der Waals surface area contributed by atoms with Gasteiger partial charge in [-0.2, -0.15) is 5.10 Å². The summed E-state index contributed by atoms with van der Waals surface area (Å²) in [5, 5.41) is 4.63. The molecular formula is C19H15ClN2O2S. The Morgan fingerprint density at radius 3 is 1.96 bits per heavy atom. The SMILES string of the molecule is O=S(=O)(c1ccc(Cl)cc1)c1ccc(C=NNc2ccccc2)cc1. The zero-order valence-electron chi connectivity index (χ0n) is 13.1. The first-order valence-corrected chi connectivity index (χ1v) is 9.37. The van der Waals surface area contributed by atoms with Gasteiger partial charge < -0.3 is 0 Å². The number of hydrogen-bond donors (Lipinski definition) is 1. The van der Waals surface area contributed by atoms with Gasteiger partial charge in [0, 0.05) is 5.02 Å². The molecule has 0 atom stereocenters. The number of hydrogen-bond acceptors (Lipinski definition) is 4. The third kappa shape index (κ3) is 4.26. The Hall–Kier alpha value is -2.63. The molecule has 1 N–H and O–H groups in total. The van der Waals surface area contributed by atoms with Crippen LogP contribution < -0.4 is 5.43 Å². The van der Waals surface area contributed by atoms with Crippen LogP contribution in [0.5, 0.6) is 0 Å². The lowest BCUT2D eigenvalue weighted by Crippen LogP contribution is -2.02. The Kier molecular flexibility index (Phi) is 5.16. The number of halogens is 1. The van der Waals surface area contributed by atoms with Crippen LogP contribution in [0.15, 0.2) is 93.8 Å². The number of benzene rings is 3. The molecule has 0 aliphatic rings. The standard InChI is InChI=1S/C19H15ClN2O2S/c20-16-8-12-19(13-9-16)25(23,24)18-10-6-15(7-11-18)14-21-22-17-4-2-1-3-5-17/h1-14,22H. The second kappa shape index (κ2) is 7.51. The van der Waals surface area contributed by atoms with Crippen molar-refractivity contribution >= 4 is 33.3 Å². The summed E-state index contributed by atoms with van der Waals surface area (Å²) in [5.74, 6) is 0. The van der Waals surface area contributed by atoms with E-state index in [-0.39, 0.29) is 9.79 Å². The quantitative estimate of drug-likeness (QED) is 0.526.